The van der Waals surface area contributed by atoms with E-state index in [-0.39, 0.29) is 35.6 Å². The molecule has 0 nitrogen and oxygen atoms in total. The summed E-state index contributed by atoms with van der Waals surface area (Å²) in [4.78, 5) is 0. The summed E-state index contributed by atoms with van der Waals surface area (Å²) in [6.07, 6.45) is 16.6. The summed E-state index contributed by atoms with van der Waals surface area (Å²) in [6.45, 7) is 13.4. The van der Waals surface area contributed by atoms with Gasteiger partial charge in [0.1, 0.15) is 0 Å². The van der Waals surface area contributed by atoms with Crippen LogP contribution in [-0.2, 0) is 35.1 Å². The fraction of sp³-hybridized carbons (Fsp3) is 0.243. The normalized spacial score (nSPS) is 18.0. The van der Waals surface area contributed by atoms with Crippen molar-refractivity contribution in [1.29, 1.82) is 0 Å². The maximum absolute atomic E-state index is 3.15. The standard InChI is InChI=1S/C23H21.C7H9.C7H6.2ClH.Zr/c1-22(2)7-5-14-10-18-16(12-20(14)22)9-17-13-21-15(11-19(17)18)6-8-23(21,3)4;1-6-3-4-7(2)5-6;1-7-5-3-2-4-6-7;;;/h5-13H,1-4H3;3,5,7H,1-2H3;1-6H;2*1H;/q2*-1;;;;+2/p-2. The van der Waals surface area contributed by atoms with Gasteiger partial charge < -0.3 is 24.8 Å². The zero-order valence-electron chi connectivity index (χ0n) is 24.1. The van der Waals surface area contributed by atoms with Crippen molar-refractivity contribution >= 4 is 37.4 Å². The Morgan fingerprint density at radius 3 is 1.65 bits per heavy atom. The molecule has 0 bridgehead atoms. The van der Waals surface area contributed by atoms with Crippen LogP contribution >= 0.6 is 0 Å². The van der Waals surface area contributed by atoms with Gasteiger partial charge in [-0.2, -0.15) is 6.08 Å². The van der Waals surface area contributed by atoms with E-state index in [1.807, 2.05) is 12.1 Å². The number of benzene rings is 3. The van der Waals surface area contributed by atoms with Crippen molar-refractivity contribution in [3.63, 3.8) is 0 Å². The summed E-state index contributed by atoms with van der Waals surface area (Å²) in [6, 6.07) is 22.3. The molecule has 0 N–H and O–H groups in total. The van der Waals surface area contributed by atoms with Gasteiger partial charge in [0, 0.05) is 10.8 Å². The Kier molecular flexibility index (Phi) is 10.3. The van der Waals surface area contributed by atoms with Gasteiger partial charge >= 0.3 is 63.8 Å². The van der Waals surface area contributed by atoms with Crippen LogP contribution in [0.25, 0.3) is 33.7 Å². The van der Waals surface area contributed by atoms with E-state index in [1.54, 1.807) is 0 Å². The van der Waals surface area contributed by atoms with Crippen LogP contribution in [0.1, 0.15) is 69.4 Å². The van der Waals surface area contributed by atoms with Gasteiger partial charge in [0.25, 0.3) is 0 Å². The molecular weight excluding hydrogens is 607 g/mol. The van der Waals surface area contributed by atoms with Crippen molar-refractivity contribution in [1.82, 2.24) is 0 Å². The molecule has 7 rings (SSSR count). The molecule has 0 fully saturated rings. The molecule has 1 unspecified atom stereocenters. The fourth-order valence-corrected chi connectivity index (χ4v) is 6.08. The number of fused-ring (bicyclic) bond motifs is 5. The van der Waals surface area contributed by atoms with Gasteiger partial charge in [-0.15, -0.1) is 46.7 Å². The summed E-state index contributed by atoms with van der Waals surface area (Å²) in [7, 11) is 0. The molecule has 1 atom stereocenters. The van der Waals surface area contributed by atoms with Gasteiger partial charge in [-0.05, 0) is 11.1 Å². The number of halogens is 2. The van der Waals surface area contributed by atoms with Crippen LogP contribution in [0.15, 0.2) is 90.5 Å². The third-order valence-electron chi connectivity index (χ3n) is 7.85. The molecule has 0 saturated heterocycles. The molecule has 0 saturated carbocycles. The predicted octanol–water partition coefficient (Wildman–Crippen LogP) is 3.65. The van der Waals surface area contributed by atoms with Gasteiger partial charge in [-0.25, -0.2) is 11.6 Å². The zero-order chi connectivity index (χ0) is 27.1. The van der Waals surface area contributed by atoms with E-state index < -0.39 is 0 Å². The SMILES string of the molecule is CC1(C)C=Cc2cc3c(cc21)[cH-]c1cc2c(cc13)C=CC2(C)C.CC1=CC(C)[C-]=C1.[Cl-].[Cl-].[Zr+2]=[CH]c1ccccc1. The van der Waals surface area contributed by atoms with E-state index in [9.17, 15) is 0 Å². The van der Waals surface area contributed by atoms with Crippen LogP contribution in [-0.4, -0.2) is 3.71 Å². The molecule has 0 radical (unpaired) electrons. The van der Waals surface area contributed by atoms with Gasteiger partial charge in [-0.1, -0.05) is 88.1 Å². The van der Waals surface area contributed by atoms with E-state index >= 15 is 0 Å². The molecule has 40 heavy (non-hydrogen) atoms. The molecule has 204 valence electrons. The van der Waals surface area contributed by atoms with Gasteiger partial charge in [0.05, 0.1) is 0 Å². The predicted molar refractivity (Wildman–Crippen MR) is 164 cm³/mol. The van der Waals surface area contributed by atoms with Crippen LogP contribution in [0, 0.1) is 12.0 Å². The number of allylic oxidation sites excluding steroid dienone is 6. The second kappa shape index (κ2) is 12.8. The van der Waals surface area contributed by atoms with E-state index in [0.717, 1.165) is 0 Å². The second-order valence-corrected chi connectivity index (χ2v) is 12.6. The first-order chi connectivity index (χ1) is 18.1. The van der Waals surface area contributed by atoms with E-state index in [4.69, 9.17) is 0 Å². The van der Waals surface area contributed by atoms with Gasteiger partial charge in [0.2, 0.25) is 0 Å². The minimum atomic E-state index is 0. The third-order valence-corrected chi connectivity index (χ3v) is 8.66. The van der Waals surface area contributed by atoms with Crippen LogP contribution in [0.2, 0.25) is 0 Å². The Morgan fingerprint density at radius 2 is 1.30 bits per heavy atom. The zero-order valence-corrected chi connectivity index (χ0v) is 28.1. The monoisotopic (exact) mass is 640 g/mol. The number of rotatable bonds is 1. The number of hydrogen-bond donors (Lipinski definition) is 0. The van der Waals surface area contributed by atoms with E-state index in [1.165, 1.54) is 79.2 Å². The first kappa shape index (κ1) is 32.3. The average molecular weight is 643 g/mol. The fourth-order valence-electron chi connectivity index (χ4n) is 5.61. The van der Waals surface area contributed by atoms with Crippen molar-refractivity contribution in [2.45, 2.75) is 52.4 Å². The third kappa shape index (κ3) is 6.65. The van der Waals surface area contributed by atoms with Crippen LogP contribution in [0.5, 0.6) is 0 Å². The molecule has 0 heterocycles. The molecule has 0 spiro atoms. The Morgan fingerprint density at radius 1 is 0.800 bits per heavy atom. The molecule has 4 aromatic rings. The van der Waals surface area contributed by atoms with E-state index in [0.29, 0.717) is 5.92 Å². The Bertz CT molecular complexity index is 1560. The van der Waals surface area contributed by atoms with Crippen LogP contribution in [0.3, 0.4) is 0 Å². The van der Waals surface area contributed by atoms with Crippen molar-refractivity contribution in [3.05, 3.63) is 124 Å². The summed E-state index contributed by atoms with van der Waals surface area (Å²) < 4.78 is 2.17. The average Bonchev–Trinajstić information content (AvgIpc) is 3.62. The Hall–Kier alpha value is -2.18. The Balaban J connectivity index is 0.000000215. The second-order valence-electron chi connectivity index (χ2n) is 11.9. The first-order valence-corrected chi connectivity index (χ1v) is 14.9. The van der Waals surface area contributed by atoms with Crippen molar-refractivity contribution in [2.24, 2.45) is 5.92 Å². The van der Waals surface area contributed by atoms with Crippen LogP contribution in [0.4, 0.5) is 0 Å². The Labute approximate surface area is 267 Å². The molecule has 4 aromatic carbocycles. The molecule has 3 aliphatic rings. The molecule has 0 aromatic heterocycles. The topological polar surface area (TPSA) is 0 Å². The summed E-state index contributed by atoms with van der Waals surface area (Å²) in [5, 5.41) is 5.53. The minimum absolute atomic E-state index is 0. The van der Waals surface area contributed by atoms with Gasteiger partial charge in [-0.3, -0.25) is 6.08 Å². The van der Waals surface area contributed by atoms with E-state index in [2.05, 4.69) is 136 Å². The van der Waals surface area contributed by atoms with Crippen LogP contribution < -0.4 is 24.8 Å². The molecule has 0 amide bonds. The van der Waals surface area contributed by atoms with Gasteiger partial charge in [0.15, 0.2) is 0 Å². The summed E-state index contributed by atoms with van der Waals surface area (Å²) in [5.41, 5.74) is 8.64. The first-order valence-electron chi connectivity index (χ1n) is 13.5. The molecular formula is C37H36Cl2Zr-2. The molecule has 3 aliphatic carbocycles. The maximum atomic E-state index is 3.15. The molecule has 3 heteroatoms. The van der Waals surface area contributed by atoms with Crippen molar-refractivity contribution in [2.75, 3.05) is 0 Å². The molecule has 0 aliphatic heterocycles. The van der Waals surface area contributed by atoms with Crippen molar-refractivity contribution in [3.8, 4) is 0 Å². The quantitative estimate of drug-likeness (QED) is 0.279. The van der Waals surface area contributed by atoms with Crippen molar-refractivity contribution < 1.29 is 49.0 Å². The number of hydrogen-bond acceptors (Lipinski definition) is 0. The summed E-state index contributed by atoms with van der Waals surface area (Å²) in [5.74, 6) is 0.556. The summed E-state index contributed by atoms with van der Waals surface area (Å²) >= 11 is 1.46.